The molecule has 3 aromatic rings. The summed E-state index contributed by atoms with van der Waals surface area (Å²) >= 11 is 0. The van der Waals surface area contributed by atoms with Gasteiger partial charge in [-0.3, -0.25) is 4.79 Å². The van der Waals surface area contributed by atoms with E-state index in [1.807, 2.05) is 55.6 Å². The molecule has 21 heavy (non-hydrogen) atoms. The number of ketones is 1. The number of fused-ring (bicyclic) bond motifs is 1. The van der Waals surface area contributed by atoms with Crippen molar-refractivity contribution in [2.75, 3.05) is 0 Å². The van der Waals surface area contributed by atoms with E-state index in [1.165, 1.54) is 0 Å². The SMILES string of the molecule is CCC(=O)c1cccc(-c2c[nH]c3cccc(CO)c23)c1. The third-order valence-corrected chi connectivity index (χ3v) is 3.78. The highest BCUT2D eigenvalue weighted by molar-refractivity contribution is 6.01. The van der Waals surface area contributed by atoms with Gasteiger partial charge in [0.15, 0.2) is 5.78 Å². The van der Waals surface area contributed by atoms with Crippen LogP contribution in [0, 0.1) is 0 Å². The molecule has 0 aliphatic heterocycles. The summed E-state index contributed by atoms with van der Waals surface area (Å²) in [6.45, 7) is 1.86. The minimum atomic E-state index is -0.00419. The van der Waals surface area contributed by atoms with Gasteiger partial charge in [0.25, 0.3) is 0 Å². The largest absolute Gasteiger partial charge is 0.392 e. The summed E-state index contributed by atoms with van der Waals surface area (Å²) in [5, 5.41) is 10.6. The second-order valence-corrected chi connectivity index (χ2v) is 5.06. The van der Waals surface area contributed by atoms with Crippen molar-refractivity contribution >= 4 is 16.7 Å². The third-order valence-electron chi connectivity index (χ3n) is 3.78. The van der Waals surface area contributed by atoms with E-state index in [1.54, 1.807) is 0 Å². The lowest BCUT2D eigenvalue weighted by molar-refractivity contribution is 0.0988. The van der Waals surface area contributed by atoms with E-state index >= 15 is 0 Å². The summed E-state index contributed by atoms with van der Waals surface area (Å²) < 4.78 is 0. The summed E-state index contributed by atoms with van der Waals surface area (Å²) in [4.78, 5) is 15.1. The quantitative estimate of drug-likeness (QED) is 0.711. The lowest BCUT2D eigenvalue weighted by Gasteiger charge is -2.06. The number of nitrogens with one attached hydrogen (secondary N) is 1. The number of Topliss-reactive ketones (excluding diaryl/α,β-unsaturated/α-hetero) is 1. The van der Waals surface area contributed by atoms with Gasteiger partial charge in [0, 0.05) is 34.6 Å². The van der Waals surface area contributed by atoms with Crippen molar-refractivity contribution in [3.63, 3.8) is 0 Å². The Morgan fingerprint density at radius 3 is 2.76 bits per heavy atom. The van der Waals surface area contributed by atoms with E-state index in [0.29, 0.717) is 6.42 Å². The Morgan fingerprint density at radius 2 is 2.00 bits per heavy atom. The van der Waals surface area contributed by atoms with Crippen molar-refractivity contribution in [3.8, 4) is 11.1 Å². The summed E-state index contributed by atoms with van der Waals surface area (Å²) in [7, 11) is 0. The predicted molar refractivity (Wildman–Crippen MR) is 84.3 cm³/mol. The van der Waals surface area contributed by atoms with E-state index in [2.05, 4.69) is 4.98 Å². The number of aromatic nitrogens is 1. The first kappa shape index (κ1) is 13.6. The molecule has 0 unspecified atom stereocenters. The Hall–Kier alpha value is -2.39. The highest BCUT2D eigenvalue weighted by Crippen LogP contribution is 2.31. The van der Waals surface area contributed by atoms with Gasteiger partial charge in [-0.25, -0.2) is 0 Å². The molecule has 2 N–H and O–H groups in total. The maximum Gasteiger partial charge on any atom is 0.162 e. The fraction of sp³-hybridized carbons (Fsp3) is 0.167. The number of aliphatic hydroxyl groups excluding tert-OH is 1. The van der Waals surface area contributed by atoms with Gasteiger partial charge in [0.1, 0.15) is 0 Å². The smallest absolute Gasteiger partial charge is 0.162 e. The molecule has 106 valence electrons. The van der Waals surface area contributed by atoms with Crippen LogP contribution in [0.2, 0.25) is 0 Å². The maximum absolute atomic E-state index is 11.9. The van der Waals surface area contributed by atoms with Crippen LogP contribution < -0.4 is 0 Å². The average Bonchev–Trinajstić information content (AvgIpc) is 2.98. The molecule has 0 radical (unpaired) electrons. The van der Waals surface area contributed by atoms with Crippen LogP contribution in [0.15, 0.2) is 48.7 Å². The topological polar surface area (TPSA) is 53.1 Å². The second-order valence-electron chi connectivity index (χ2n) is 5.06. The molecule has 0 atom stereocenters. The van der Waals surface area contributed by atoms with Gasteiger partial charge in [-0.2, -0.15) is 0 Å². The second kappa shape index (κ2) is 5.54. The van der Waals surface area contributed by atoms with Crippen LogP contribution in [0.1, 0.15) is 29.3 Å². The number of rotatable bonds is 4. The van der Waals surface area contributed by atoms with Crippen LogP contribution in [0.25, 0.3) is 22.0 Å². The molecule has 0 saturated heterocycles. The van der Waals surface area contributed by atoms with Crippen molar-refractivity contribution in [1.82, 2.24) is 4.98 Å². The fourth-order valence-electron chi connectivity index (χ4n) is 2.68. The zero-order valence-corrected chi connectivity index (χ0v) is 11.9. The number of aromatic amines is 1. The van der Waals surface area contributed by atoms with Gasteiger partial charge >= 0.3 is 0 Å². The first-order chi connectivity index (χ1) is 10.2. The molecule has 2 aromatic carbocycles. The van der Waals surface area contributed by atoms with Gasteiger partial charge in [-0.05, 0) is 23.3 Å². The molecule has 0 aliphatic rings. The van der Waals surface area contributed by atoms with E-state index < -0.39 is 0 Å². The minimum Gasteiger partial charge on any atom is -0.392 e. The summed E-state index contributed by atoms with van der Waals surface area (Å²) in [6, 6.07) is 13.5. The van der Waals surface area contributed by atoms with Crippen molar-refractivity contribution < 1.29 is 9.90 Å². The average molecular weight is 279 g/mol. The Morgan fingerprint density at radius 1 is 1.19 bits per heavy atom. The minimum absolute atomic E-state index is 0.00419. The summed E-state index contributed by atoms with van der Waals surface area (Å²) in [5.74, 6) is 0.138. The molecule has 3 nitrogen and oxygen atoms in total. The van der Waals surface area contributed by atoms with Crippen molar-refractivity contribution in [1.29, 1.82) is 0 Å². The number of H-pyrrole nitrogens is 1. The number of hydrogen-bond acceptors (Lipinski definition) is 2. The molecule has 0 aliphatic carbocycles. The standard InChI is InChI=1S/C18H17NO2/c1-2-17(21)13-6-3-5-12(9-13)15-10-19-16-8-4-7-14(11-20)18(15)16/h3-10,19-20H,2,11H2,1H3. The molecule has 0 spiro atoms. The highest BCUT2D eigenvalue weighted by Gasteiger charge is 2.11. The fourth-order valence-corrected chi connectivity index (χ4v) is 2.68. The molecule has 0 fully saturated rings. The van der Waals surface area contributed by atoms with Crippen LogP contribution in [0.5, 0.6) is 0 Å². The lowest BCUT2D eigenvalue weighted by Crippen LogP contribution is -1.96. The number of aliphatic hydroxyl groups is 1. The van der Waals surface area contributed by atoms with Gasteiger partial charge in [0.2, 0.25) is 0 Å². The monoisotopic (exact) mass is 279 g/mol. The molecule has 0 amide bonds. The van der Waals surface area contributed by atoms with Crippen LogP contribution in [0.4, 0.5) is 0 Å². The number of carbonyl (C=O) groups excluding carboxylic acids is 1. The molecule has 1 aromatic heterocycles. The normalized spacial score (nSPS) is 11.0. The zero-order chi connectivity index (χ0) is 14.8. The van der Waals surface area contributed by atoms with Crippen molar-refractivity contribution in [2.24, 2.45) is 0 Å². The Labute approximate surface area is 123 Å². The van der Waals surface area contributed by atoms with Gasteiger partial charge in [0.05, 0.1) is 6.61 Å². The van der Waals surface area contributed by atoms with E-state index in [0.717, 1.165) is 33.2 Å². The van der Waals surface area contributed by atoms with Crippen LogP contribution in [0.3, 0.4) is 0 Å². The van der Waals surface area contributed by atoms with E-state index in [9.17, 15) is 9.90 Å². The van der Waals surface area contributed by atoms with E-state index in [-0.39, 0.29) is 12.4 Å². The van der Waals surface area contributed by atoms with Gasteiger partial charge < -0.3 is 10.1 Å². The molecule has 3 heteroatoms. The molecule has 0 saturated carbocycles. The predicted octanol–water partition coefficient (Wildman–Crippen LogP) is 3.92. The van der Waals surface area contributed by atoms with Crippen LogP contribution in [-0.4, -0.2) is 15.9 Å². The summed E-state index contributed by atoms with van der Waals surface area (Å²) in [5.41, 5.74) is 4.60. The Balaban J connectivity index is 2.19. The first-order valence-corrected chi connectivity index (χ1v) is 7.08. The molecular formula is C18H17NO2. The van der Waals surface area contributed by atoms with E-state index in [4.69, 9.17) is 0 Å². The van der Waals surface area contributed by atoms with Crippen LogP contribution >= 0.6 is 0 Å². The van der Waals surface area contributed by atoms with Crippen molar-refractivity contribution in [3.05, 3.63) is 59.8 Å². The molecule has 1 heterocycles. The van der Waals surface area contributed by atoms with Gasteiger partial charge in [-0.15, -0.1) is 0 Å². The molecular weight excluding hydrogens is 262 g/mol. The third kappa shape index (κ3) is 2.36. The Kier molecular flexibility index (Phi) is 3.59. The zero-order valence-electron chi connectivity index (χ0n) is 11.9. The number of hydrogen-bond donors (Lipinski definition) is 2. The molecule has 0 bridgehead atoms. The Bertz CT molecular complexity index is 802. The maximum atomic E-state index is 11.9. The van der Waals surface area contributed by atoms with Crippen LogP contribution in [-0.2, 0) is 6.61 Å². The van der Waals surface area contributed by atoms with Gasteiger partial charge in [-0.1, -0.05) is 37.3 Å². The molecule has 3 rings (SSSR count). The lowest BCUT2D eigenvalue weighted by atomic mass is 9.98. The number of benzene rings is 2. The number of carbonyl (C=O) groups is 1. The summed E-state index contributed by atoms with van der Waals surface area (Å²) in [6.07, 6.45) is 2.43. The first-order valence-electron chi connectivity index (χ1n) is 7.08. The van der Waals surface area contributed by atoms with Crippen molar-refractivity contribution in [2.45, 2.75) is 20.0 Å². The highest BCUT2D eigenvalue weighted by atomic mass is 16.3.